The van der Waals surface area contributed by atoms with E-state index in [0.29, 0.717) is 12.2 Å². The summed E-state index contributed by atoms with van der Waals surface area (Å²) in [5, 5.41) is 9.87. The lowest BCUT2D eigenvalue weighted by molar-refractivity contribution is -0.138. The van der Waals surface area contributed by atoms with Crippen molar-refractivity contribution < 1.29 is 18.0 Å². The third-order valence-electron chi connectivity index (χ3n) is 3.42. The second-order valence-electron chi connectivity index (χ2n) is 5.24. The molecule has 1 amide bonds. The molecule has 0 aliphatic rings. The van der Waals surface area contributed by atoms with Gasteiger partial charge in [-0.05, 0) is 23.6 Å². The maximum absolute atomic E-state index is 12.8. The van der Waals surface area contributed by atoms with E-state index >= 15 is 0 Å². The number of pyridine rings is 1. The van der Waals surface area contributed by atoms with Gasteiger partial charge in [-0.2, -0.15) is 13.2 Å². The van der Waals surface area contributed by atoms with E-state index in [4.69, 9.17) is 0 Å². The number of amides is 1. The fourth-order valence-corrected chi connectivity index (χ4v) is 3.71. The molecule has 5 nitrogen and oxygen atoms in total. The molecule has 3 aromatic rings. The molecule has 0 N–H and O–H groups in total. The van der Waals surface area contributed by atoms with Crippen molar-refractivity contribution in [2.75, 3.05) is 12.8 Å². The molecular formula is C15H13F3N4OS2. The van der Waals surface area contributed by atoms with Crippen LogP contribution in [0.15, 0.2) is 41.0 Å². The van der Waals surface area contributed by atoms with Gasteiger partial charge in [0, 0.05) is 18.1 Å². The van der Waals surface area contributed by atoms with Crippen LogP contribution >= 0.6 is 23.1 Å². The van der Waals surface area contributed by atoms with E-state index in [-0.39, 0.29) is 16.8 Å². The summed E-state index contributed by atoms with van der Waals surface area (Å²) in [5.74, 6) is -0.0686. The summed E-state index contributed by atoms with van der Waals surface area (Å²) in [5.41, 5.74) is -0.488. The maximum atomic E-state index is 12.8. The summed E-state index contributed by atoms with van der Waals surface area (Å²) in [7, 11) is 1.69. The lowest BCUT2D eigenvalue weighted by Gasteiger charge is -2.15. The monoisotopic (exact) mass is 386 g/mol. The third-order valence-corrected chi connectivity index (χ3v) is 5.21. The fourth-order valence-electron chi connectivity index (χ4n) is 2.10. The molecule has 0 aliphatic heterocycles. The van der Waals surface area contributed by atoms with Crippen molar-refractivity contribution in [2.45, 2.75) is 17.9 Å². The fraction of sp³-hybridized carbons (Fsp3) is 0.267. The summed E-state index contributed by atoms with van der Waals surface area (Å²) in [6.07, 6.45) is -3.51. The second-order valence-corrected chi connectivity index (χ2v) is 7.22. The van der Waals surface area contributed by atoms with Crippen molar-refractivity contribution >= 4 is 34.7 Å². The summed E-state index contributed by atoms with van der Waals surface area (Å²) in [4.78, 5) is 14.8. The first-order chi connectivity index (χ1) is 11.8. The summed E-state index contributed by atoms with van der Waals surface area (Å²) < 4.78 is 39.7. The number of fused-ring (bicyclic) bond motifs is 1. The van der Waals surface area contributed by atoms with E-state index in [1.54, 1.807) is 23.3 Å². The van der Waals surface area contributed by atoms with Gasteiger partial charge in [0.15, 0.2) is 10.8 Å². The molecule has 0 aliphatic carbocycles. The van der Waals surface area contributed by atoms with Crippen LogP contribution in [-0.4, -0.2) is 38.2 Å². The molecule has 0 fully saturated rings. The molecule has 3 heterocycles. The van der Waals surface area contributed by atoms with Gasteiger partial charge in [-0.15, -0.1) is 21.5 Å². The first kappa shape index (κ1) is 17.7. The molecule has 132 valence electrons. The van der Waals surface area contributed by atoms with Gasteiger partial charge in [0.05, 0.1) is 17.9 Å². The normalized spacial score (nSPS) is 11.8. The molecule has 3 aromatic heterocycles. The topological polar surface area (TPSA) is 50.5 Å². The Morgan fingerprint density at radius 2 is 2.12 bits per heavy atom. The Morgan fingerprint density at radius 3 is 2.80 bits per heavy atom. The number of hydrogen-bond acceptors (Lipinski definition) is 5. The minimum atomic E-state index is -4.45. The quantitative estimate of drug-likeness (QED) is 0.629. The van der Waals surface area contributed by atoms with Gasteiger partial charge in [0.1, 0.15) is 0 Å². The van der Waals surface area contributed by atoms with Gasteiger partial charge in [-0.25, -0.2) is 0 Å². The number of nitrogens with zero attached hydrogens (tertiary/aromatic N) is 4. The Labute approximate surface area is 149 Å². The third kappa shape index (κ3) is 4.13. The molecule has 0 aromatic carbocycles. The van der Waals surface area contributed by atoms with Crippen LogP contribution in [0.25, 0.3) is 5.65 Å². The van der Waals surface area contributed by atoms with Crippen molar-refractivity contribution in [3.8, 4) is 0 Å². The zero-order valence-corrected chi connectivity index (χ0v) is 14.7. The smallest absolute Gasteiger partial charge is 0.340 e. The Hall–Kier alpha value is -2.07. The first-order valence-electron chi connectivity index (χ1n) is 7.16. The number of rotatable bonds is 5. The van der Waals surface area contributed by atoms with Crippen molar-refractivity contribution in [1.82, 2.24) is 19.5 Å². The minimum absolute atomic E-state index is 0.0684. The van der Waals surface area contributed by atoms with Gasteiger partial charge in [0.2, 0.25) is 5.91 Å². The summed E-state index contributed by atoms with van der Waals surface area (Å²) >= 11 is 2.62. The van der Waals surface area contributed by atoms with Crippen molar-refractivity contribution in [2.24, 2.45) is 0 Å². The Bertz CT molecular complexity index is 877. The molecule has 0 spiro atoms. The van der Waals surface area contributed by atoms with Crippen molar-refractivity contribution in [3.63, 3.8) is 0 Å². The summed E-state index contributed by atoms with van der Waals surface area (Å²) in [6.45, 7) is 0.496. The van der Waals surface area contributed by atoms with Gasteiger partial charge < -0.3 is 4.90 Å². The highest BCUT2D eigenvalue weighted by Crippen LogP contribution is 2.30. The van der Waals surface area contributed by atoms with E-state index in [1.165, 1.54) is 10.5 Å². The minimum Gasteiger partial charge on any atom is -0.340 e. The highest BCUT2D eigenvalue weighted by molar-refractivity contribution is 7.99. The molecule has 3 rings (SSSR count). The molecule has 10 heteroatoms. The van der Waals surface area contributed by atoms with Gasteiger partial charge >= 0.3 is 6.18 Å². The van der Waals surface area contributed by atoms with Crippen LogP contribution in [0.3, 0.4) is 0 Å². The second kappa shape index (κ2) is 7.04. The summed E-state index contributed by atoms with van der Waals surface area (Å²) in [6, 6.07) is 6.06. The van der Waals surface area contributed by atoms with Crippen LogP contribution in [0, 0.1) is 0 Å². The van der Waals surface area contributed by atoms with Crippen LogP contribution in [0.5, 0.6) is 0 Å². The highest BCUT2D eigenvalue weighted by Gasteiger charge is 2.31. The number of carbonyl (C=O) groups is 1. The van der Waals surface area contributed by atoms with E-state index in [2.05, 4.69) is 10.2 Å². The molecule has 25 heavy (non-hydrogen) atoms. The number of hydrogen-bond donors (Lipinski definition) is 0. The van der Waals surface area contributed by atoms with Gasteiger partial charge in [-0.3, -0.25) is 9.20 Å². The first-order valence-corrected chi connectivity index (χ1v) is 9.02. The van der Waals surface area contributed by atoms with Gasteiger partial charge in [0.25, 0.3) is 0 Å². The predicted octanol–water partition coefficient (Wildman–Crippen LogP) is 3.56. The van der Waals surface area contributed by atoms with Crippen LogP contribution < -0.4 is 0 Å². The van der Waals surface area contributed by atoms with Crippen LogP contribution in [-0.2, 0) is 17.5 Å². The number of halogens is 3. The average Bonchev–Trinajstić information content (AvgIpc) is 3.20. The molecular weight excluding hydrogens is 373 g/mol. The van der Waals surface area contributed by atoms with Crippen molar-refractivity contribution in [3.05, 3.63) is 46.3 Å². The number of thiophene rings is 1. The van der Waals surface area contributed by atoms with Gasteiger partial charge in [-0.1, -0.05) is 17.8 Å². The molecule has 0 radical (unpaired) electrons. The number of alkyl halides is 3. The van der Waals surface area contributed by atoms with Crippen molar-refractivity contribution in [1.29, 1.82) is 0 Å². The zero-order valence-electron chi connectivity index (χ0n) is 13.0. The van der Waals surface area contributed by atoms with Crippen LogP contribution in [0.1, 0.15) is 10.4 Å². The van der Waals surface area contributed by atoms with Crippen LogP contribution in [0.2, 0.25) is 0 Å². The predicted molar refractivity (Wildman–Crippen MR) is 89.5 cm³/mol. The molecule has 0 saturated heterocycles. The lowest BCUT2D eigenvalue weighted by Crippen LogP contribution is -2.27. The average molecular weight is 386 g/mol. The molecule has 0 unspecified atom stereocenters. The number of thioether (sulfide) groups is 1. The number of carbonyl (C=O) groups excluding carboxylic acids is 1. The maximum Gasteiger partial charge on any atom is 0.417 e. The molecule has 0 atom stereocenters. The lowest BCUT2D eigenvalue weighted by atomic mass is 10.3. The zero-order chi connectivity index (χ0) is 18.0. The molecule has 0 bridgehead atoms. The number of aromatic nitrogens is 3. The largest absolute Gasteiger partial charge is 0.417 e. The Balaban J connectivity index is 1.69. The SMILES string of the molecule is CN(Cc1cccs1)C(=O)CSc1nnc2ccc(C(F)(F)F)cn12. The Morgan fingerprint density at radius 1 is 1.32 bits per heavy atom. The molecule has 0 saturated carbocycles. The van der Waals surface area contributed by atoms with E-state index in [9.17, 15) is 18.0 Å². The van der Waals surface area contributed by atoms with E-state index in [1.807, 2.05) is 17.5 Å². The standard InChI is InChI=1S/C15H13F3N4OS2/c1-21(8-11-3-2-6-24-11)13(23)9-25-14-20-19-12-5-4-10(7-22(12)14)15(16,17)18/h2-7H,8-9H2,1H3. The van der Waals surface area contributed by atoms with E-state index < -0.39 is 11.7 Å². The van der Waals surface area contributed by atoms with E-state index in [0.717, 1.165) is 28.9 Å². The highest BCUT2D eigenvalue weighted by atomic mass is 32.2. The Kier molecular flexibility index (Phi) is 5.00. The van der Waals surface area contributed by atoms with Crippen LogP contribution in [0.4, 0.5) is 13.2 Å².